The van der Waals surface area contributed by atoms with E-state index >= 15 is 0 Å². The average Bonchev–Trinajstić information content (AvgIpc) is 3.56. The zero-order valence-corrected chi connectivity index (χ0v) is 14.5. The molecule has 134 valence electrons. The Bertz CT molecular complexity index is 672. The number of ether oxygens (including phenoxy) is 3. The zero-order chi connectivity index (χ0) is 16.7. The van der Waals surface area contributed by atoms with Gasteiger partial charge in [0.2, 0.25) is 0 Å². The van der Waals surface area contributed by atoms with Crippen LogP contribution in [0.4, 0.5) is 0 Å². The van der Waals surface area contributed by atoms with Crippen LogP contribution in [0.3, 0.4) is 0 Å². The highest BCUT2D eigenvalue weighted by Crippen LogP contribution is 2.38. The van der Waals surface area contributed by atoms with E-state index in [9.17, 15) is 0 Å². The van der Waals surface area contributed by atoms with Crippen LogP contribution in [0.2, 0.25) is 0 Å². The van der Waals surface area contributed by atoms with Crippen molar-refractivity contribution in [1.29, 1.82) is 0 Å². The second-order valence-corrected chi connectivity index (χ2v) is 7.80. The van der Waals surface area contributed by atoms with Crippen molar-refractivity contribution in [2.24, 2.45) is 11.8 Å². The van der Waals surface area contributed by atoms with Crippen LogP contribution in [0.5, 0.6) is 11.5 Å². The minimum Gasteiger partial charge on any atom is -0.489 e. The Morgan fingerprint density at radius 2 is 1.80 bits per heavy atom. The van der Waals surface area contributed by atoms with Crippen LogP contribution >= 0.6 is 0 Å². The van der Waals surface area contributed by atoms with Gasteiger partial charge >= 0.3 is 0 Å². The second-order valence-electron chi connectivity index (χ2n) is 7.80. The van der Waals surface area contributed by atoms with Gasteiger partial charge in [0.1, 0.15) is 5.60 Å². The van der Waals surface area contributed by atoms with Crippen molar-refractivity contribution in [3.05, 3.63) is 29.8 Å². The minimum atomic E-state index is -0.314. The third-order valence-electron chi connectivity index (χ3n) is 5.39. The van der Waals surface area contributed by atoms with Crippen molar-refractivity contribution in [3.63, 3.8) is 0 Å². The fraction of sp³-hybridized carbons (Fsp3) is 0.600. The van der Waals surface area contributed by atoms with E-state index in [1.165, 1.54) is 25.7 Å². The molecule has 2 heterocycles. The largest absolute Gasteiger partial charge is 0.489 e. The lowest BCUT2D eigenvalue weighted by atomic mass is 10.0. The monoisotopic (exact) mass is 343 g/mol. The van der Waals surface area contributed by atoms with E-state index in [2.05, 4.69) is 23.7 Å². The summed E-state index contributed by atoms with van der Waals surface area (Å²) in [5.41, 5.74) is 4.81. The van der Waals surface area contributed by atoms with Gasteiger partial charge in [0.25, 0.3) is 0 Å². The van der Waals surface area contributed by atoms with Crippen molar-refractivity contribution in [1.82, 2.24) is 5.48 Å². The molecule has 0 amide bonds. The topological polar surface area (TPSA) is 49.0 Å². The summed E-state index contributed by atoms with van der Waals surface area (Å²) in [6.07, 6.45) is 8.16. The van der Waals surface area contributed by atoms with E-state index in [0.717, 1.165) is 54.9 Å². The molecule has 1 aromatic rings. The summed E-state index contributed by atoms with van der Waals surface area (Å²) in [7, 11) is 0. The summed E-state index contributed by atoms with van der Waals surface area (Å²) >= 11 is 0. The lowest BCUT2D eigenvalue weighted by Gasteiger charge is -2.15. The highest BCUT2D eigenvalue weighted by Gasteiger charge is 2.39. The molecule has 1 atom stereocenters. The molecule has 3 fully saturated rings. The highest BCUT2D eigenvalue weighted by molar-refractivity contribution is 5.68. The third kappa shape index (κ3) is 3.48. The molecule has 0 radical (unpaired) electrons. The van der Waals surface area contributed by atoms with Crippen LogP contribution in [0, 0.1) is 11.8 Å². The van der Waals surface area contributed by atoms with E-state index in [4.69, 9.17) is 19.0 Å². The molecule has 1 aromatic carbocycles. The van der Waals surface area contributed by atoms with Crippen molar-refractivity contribution < 1.29 is 19.0 Å². The molecular weight excluding hydrogens is 318 g/mol. The number of hydrogen-bond donors (Lipinski definition) is 1. The maximum Gasteiger partial charge on any atom is 0.161 e. The molecule has 0 bridgehead atoms. The van der Waals surface area contributed by atoms with E-state index in [1.807, 2.05) is 6.07 Å². The molecule has 2 saturated carbocycles. The highest BCUT2D eigenvalue weighted by atomic mass is 16.7. The molecule has 4 aliphatic rings. The van der Waals surface area contributed by atoms with Crippen LogP contribution in [0.25, 0.3) is 5.70 Å². The van der Waals surface area contributed by atoms with Gasteiger partial charge in [0.05, 0.1) is 25.5 Å². The summed E-state index contributed by atoms with van der Waals surface area (Å²) in [4.78, 5) is 5.79. The molecule has 2 aliphatic heterocycles. The number of rotatable bonds is 7. The van der Waals surface area contributed by atoms with E-state index in [0.29, 0.717) is 12.5 Å². The maximum absolute atomic E-state index is 6.09. The molecule has 2 aliphatic carbocycles. The Morgan fingerprint density at radius 1 is 1.04 bits per heavy atom. The van der Waals surface area contributed by atoms with Crippen molar-refractivity contribution in [2.45, 2.75) is 37.7 Å². The van der Waals surface area contributed by atoms with Crippen LogP contribution in [0.1, 0.15) is 37.7 Å². The van der Waals surface area contributed by atoms with Gasteiger partial charge in [0, 0.05) is 18.6 Å². The van der Waals surface area contributed by atoms with Gasteiger partial charge in [-0.1, -0.05) is 0 Å². The molecule has 25 heavy (non-hydrogen) atoms. The van der Waals surface area contributed by atoms with Gasteiger partial charge < -0.3 is 14.2 Å². The molecule has 0 aromatic heterocycles. The SMILES string of the molecule is C1=C(c2ccc(OCC3CC3)c(OCC3CC3)c2)NOC12CCOC2. The summed E-state index contributed by atoms with van der Waals surface area (Å²) in [5, 5.41) is 0. The Balaban J connectivity index is 1.36. The summed E-state index contributed by atoms with van der Waals surface area (Å²) in [6.45, 7) is 2.93. The molecule has 5 nitrogen and oxygen atoms in total. The molecule has 1 N–H and O–H groups in total. The van der Waals surface area contributed by atoms with Gasteiger partial charge in [-0.15, -0.1) is 0 Å². The van der Waals surface area contributed by atoms with E-state index in [1.54, 1.807) is 0 Å². The number of hydroxylamine groups is 1. The Hall–Kier alpha value is -1.72. The van der Waals surface area contributed by atoms with E-state index in [-0.39, 0.29) is 5.60 Å². The van der Waals surface area contributed by atoms with Gasteiger partial charge in [-0.3, -0.25) is 10.3 Å². The van der Waals surface area contributed by atoms with Gasteiger partial charge in [0.15, 0.2) is 11.5 Å². The van der Waals surface area contributed by atoms with Crippen LogP contribution < -0.4 is 15.0 Å². The van der Waals surface area contributed by atoms with Crippen molar-refractivity contribution in [3.8, 4) is 11.5 Å². The first-order chi connectivity index (χ1) is 12.3. The Morgan fingerprint density at radius 3 is 2.48 bits per heavy atom. The van der Waals surface area contributed by atoms with Crippen LogP contribution in [-0.2, 0) is 9.57 Å². The number of nitrogens with one attached hydrogen (secondary N) is 1. The molecule has 1 unspecified atom stereocenters. The molecule has 5 heteroatoms. The summed E-state index contributed by atoms with van der Waals surface area (Å²) in [6, 6.07) is 6.17. The average molecular weight is 343 g/mol. The molecular formula is C20H25NO4. The Labute approximate surface area is 148 Å². The van der Waals surface area contributed by atoms with Gasteiger partial charge in [-0.2, -0.15) is 0 Å². The summed E-state index contributed by atoms with van der Waals surface area (Å²) in [5.74, 6) is 3.14. The van der Waals surface area contributed by atoms with Crippen LogP contribution in [-0.4, -0.2) is 32.0 Å². The van der Waals surface area contributed by atoms with Crippen molar-refractivity contribution in [2.75, 3.05) is 26.4 Å². The zero-order valence-electron chi connectivity index (χ0n) is 14.5. The first kappa shape index (κ1) is 15.5. The summed E-state index contributed by atoms with van der Waals surface area (Å²) < 4.78 is 17.6. The van der Waals surface area contributed by atoms with Crippen LogP contribution in [0.15, 0.2) is 24.3 Å². The second kappa shape index (κ2) is 6.22. The lowest BCUT2D eigenvalue weighted by molar-refractivity contribution is -0.0373. The predicted octanol–water partition coefficient (Wildman–Crippen LogP) is 3.30. The smallest absolute Gasteiger partial charge is 0.161 e. The van der Waals surface area contributed by atoms with Gasteiger partial charge in [-0.05, 0) is 61.8 Å². The first-order valence-electron chi connectivity index (χ1n) is 9.44. The lowest BCUT2D eigenvalue weighted by Crippen LogP contribution is -2.29. The quantitative estimate of drug-likeness (QED) is 0.823. The maximum atomic E-state index is 6.09. The molecule has 1 spiro atoms. The Kier molecular flexibility index (Phi) is 3.86. The van der Waals surface area contributed by atoms with Crippen molar-refractivity contribution >= 4 is 5.70 Å². The normalized spacial score (nSPS) is 28.1. The molecule has 1 saturated heterocycles. The first-order valence-corrected chi connectivity index (χ1v) is 9.44. The number of benzene rings is 1. The van der Waals surface area contributed by atoms with Gasteiger partial charge in [-0.25, -0.2) is 0 Å². The van der Waals surface area contributed by atoms with E-state index < -0.39 is 0 Å². The standard InChI is InChI=1S/C20H25NO4/c1-2-14(1)11-23-18-6-5-16(9-19(18)24-12-15-3-4-15)17-10-20(25-21-17)7-8-22-13-20/h5-6,9-10,14-15,21H,1-4,7-8,11-13H2. The third-order valence-corrected chi connectivity index (χ3v) is 5.39. The number of hydrogen-bond acceptors (Lipinski definition) is 5. The molecule has 5 rings (SSSR count). The fourth-order valence-corrected chi connectivity index (χ4v) is 3.27. The fourth-order valence-electron chi connectivity index (χ4n) is 3.27. The minimum absolute atomic E-state index is 0.314. The predicted molar refractivity (Wildman–Crippen MR) is 93.2 cm³/mol.